The average Bonchev–Trinajstić information content (AvgIpc) is 2.28. The van der Waals surface area contributed by atoms with E-state index in [1.54, 1.807) is 31.3 Å². The molecule has 1 rings (SSSR count). The Morgan fingerprint density at radius 2 is 2.07 bits per heavy atom. The minimum Gasteiger partial charge on any atom is -0.494 e. The van der Waals surface area contributed by atoms with Crippen LogP contribution in [0.25, 0.3) is 0 Å². The van der Waals surface area contributed by atoms with Gasteiger partial charge in [-0.1, -0.05) is 6.58 Å². The molecule has 0 saturated carbocycles. The first-order valence-corrected chi connectivity index (χ1v) is 4.81. The van der Waals surface area contributed by atoms with Crippen LogP contribution in [0.3, 0.4) is 0 Å². The molecule has 0 spiro atoms. The quantitative estimate of drug-likeness (QED) is 0.754. The number of ether oxygens (including phenoxy) is 1. The van der Waals surface area contributed by atoms with Crippen molar-refractivity contribution in [2.45, 2.75) is 6.92 Å². The highest BCUT2D eigenvalue weighted by Gasteiger charge is 2.08. The second kappa shape index (κ2) is 5.20. The monoisotopic (exact) mass is 205 g/mol. The van der Waals surface area contributed by atoms with Crippen LogP contribution in [0, 0.1) is 0 Å². The normalized spacial score (nSPS) is 9.47. The topological polar surface area (TPSA) is 29.5 Å². The van der Waals surface area contributed by atoms with Gasteiger partial charge >= 0.3 is 0 Å². The molecule has 1 amide bonds. The van der Waals surface area contributed by atoms with Crippen LogP contribution in [-0.2, 0) is 0 Å². The van der Waals surface area contributed by atoms with Crippen molar-refractivity contribution in [3.8, 4) is 5.75 Å². The summed E-state index contributed by atoms with van der Waals surface area (Å²) in [5.74, 6) is 0.698. The molecule has 0 bridgehead atoms. The van der Waals surface area contributed by atoms with Crippen LogP contribution in [0.15, 0.2) is 37.0 Å². The van der Waals surface area contributed by atoms with Gasteiger partial charge in [0.15, 0.2) is 0 Å². The summed E-state index contributed by atoms with van der Waals surface area (Å²) < 4.78 is 5.28. The molecule has 0 N–H and O–H groups in total. The fourth-order valence-corrected chi connectivity index (χ4v) is 1.15. The number of hydrogen-bond acceptors (Lipinski definition) is 2. The van der Waals surface area contributed by atoms with Gasteiger partial charge in [-0.3, -0.25) is 4.79 Å². The standard InChI is InChI=1S/C12H15NO2/c1-4-13(3)12(14)10-6-8-11(9-7-10)15-5-2/h4,6-9H,1,5H2,2-3H3. The van der Waals surface area contributed by atoms with Gasteiger partial charge in [-0.25, -0.2) is 0 Å². The molecule has 0 aliphatic carbocycles. The molecule has 0 fully saturated rings. The highest BCUT2D eigenvalue weighted by molar-refractivity contribution is 5.94. The number of amides is 1. The van der Waals surface area contributed by atoms with Gasteiger partial charge in [0.25, 0.3) is 5.91 Å². The molecule has 0 aliphatic heterocycles. The zero-order chi connectivity index (χ0) is 11.3. The lowest BCUT2D eigenvalue weighted by Gasteiger charge is -2.11. The van der Waals surface area contributed by atoms with Crippen molar-refractivity contribution in [1.82, 2.24) is 4.90 Å². The van der Waals surface area contributed by atoms with Gasteiger partial charge in [0, 0.05) is 12.6 Å². The van der Waals surface area contributed by atoms with Gasteiger partial charge in [0.1, 0.15) is 5.75 Å². The lowest BCUT2D eigenvalue weighted by Crippen LogP contribution is -2.20. The minimum absolute atomic E-state index is 0.0759. The van der Waals surface area contributed by atoms with Crippen molar-refractivity contribution < 1.29 is 9.53 Å². The van der Waals surface area contributed by atoms with Crippen LogP contribution in [-0.4, -0.2) is 24.5 Å². The summed E-state index contributed by atoms with van der Waals surface area (Å²) in [6.45, 7) is 6.08. The summed E-state index contributed by atoms with van der Waals surface area (Å²) in [5, 5.41) is 0. The smallest absolute Gasteiger partial charge is 0.257 e. The lowest BCUT2D eigenvalue weighted by molar-refractivity contribution is 0.0850. The molecule has 0 radical (unpaired) electrons. The number of nitrogens with zero attached hydrogens (tertiary/aromatic N) is 1. The maximum absolute atomic E-state index is 11.7. The van der Waals surface area contributed by atoms with E-state index < -0.39 is 0 Å². The molecule has 0 unspecified atom stereocenters. The molecule has 0 aliphatic rings. The van der Waals surface area contributed by atoms with Gasteiger partial charge in [-0.15, -0.1) is 0 Å². The molecular formula is C12H15NO2. The van der Waals surface area contributed by atoms with Crippen molar-refractivity contribution in [3.63, 3.8) is 0 Å². The Bertz CT molecular complexity index is 343. The minimum atomic E-state index is -0.0759. The maximum Gasteiger partial charge on any atom is 0.257 e. The van der Waals surface area contributed by atoms with Gasteiger partial charge in [-0.2, -0.15) is 0 Å². The third-order valence-electron chi connectivity index (χ3n) is 2.01. The SMILES string of the molecule is C=CN(C)C(=O)c1ccc(OCC)cc1. The van der Waals surface area contributed by atoms with Crippen LogP contribution in [0.2, 0.25) is 0 Å². The molecule has 15 heavy (non-hydrogen) atoms. The van der Waals surface area contributed by atoms with E-state index in [-0.39, 0.29) is 5.91 Å². The van der Waals surface area contributed by atoms with Gasteiger partial charge in [-0.05, 0) is 37.4 Å². The van der Waals surface area contributed by atoms with Crippen molar-refractivity contribution in [2.24, 2.45) is 0 Å². The largest absolute Gasteiger partial charge is 0.494 e. The number of carbonyl (C=O) groups is 1. The molecule has 3 heteroatoms. The van der Waals surface area contributed by atoms with E-state index in [4.69, 9.17) is 4.74 Å². The Labute approximate surface area is 90.0 Å². The second-order valence-corrected chi connectivity index (χ2v) is 3.06. The number of carbonyl (C=O) groups excluding carboxylic acids is 1. The average molecular weight is 205 g/mol. The summed E-state index contributed by atoms with van der Waals surface area (Å²) in [6.07, 6.45) is 1.48. The van der Waals surface area contributed by atoms with Crippen LogP contribution >= 0.6 is 0 Å². The molecule has 0 atom stereocenters. The highest BCUT2D eigenvalue weighted by Crippen LogP contribution is 2.13. The summed E-state index contributed by atoms with van der Waals surface area (Å²) in [4.78, 5) is 13.1. The predicted molar refractivity (Wildman–Crippen MR) is 59.9 cm³/mol. The Balaban J connectivity index is 2.79. The van der Waals surface area contributed by atoms with Crippen LogP contribution < -0.4 is 4.74 Å². The lowest BCUT2D eigenvalue weighted by atomic mass is 10.2. The molecule has 1 aromatic carbocycles. The van der Waals surface area contributed by atoms with Crippen molar-refractivity contribution >= 4 is 5.91 Å². The second-order valence-electron chi connectivity index (χ2n) is 3.06. The molecule has 1 aromatic rings. The third kappa shape index (κ3) is 2.84. The Morgan fingerprint density at radius 1 is 1.47 bits per heavy atom. The van der Waals surface area contributed by atoms with E-state index in [9.17, 15) is 4.79 Å². The third-order valence-corrected chi connectivity index (χ3v) is 2.01. The molecule has 3 nitrogen and oxygen atoms in total. The predicted octanol–water partition coefficient (Wildman–Crippen LogP) is 2.30. The number of benzene rings is 1. The molecule has 0 aromatic heterocycles. The van der Waals surface area contributed by atoms with E-state index in [0.717, 1.165) is 5.75 Å². The zero-order valence-electron chi connectivity index (χ0n) is 9.06. The molecule has 0 saturated heterocycles. The first-order valence-electron chi connectivity index (χ1n) is 4.81. The van der Waals surface area contributed by atoms with Crippen molar-refractivity contribution in [3.05, 3.63) is 42.6 Å². The van der Waals surface area contributed by atoms with Gasteiger partial charge in [0.05, 0.1) is 6.61 Å². The van der Waals surface area contributed by atoms with Crippen LogP contribution in [0.4, 0.5) is 0 Å². The summed E-state index contributed by atoms with van der Waals surface area (Å²) in [5.41, 5.74) is 0.626. The van der Waals surface area contributed by atoms with E-state index in [1.807, 2.05) is 6.92 Å². The van der Waals surface area contributed by atoms with E-state index in [1.165, 1.54) is 11.1 Å². The van der Waals surface area contributed by atoms with E-state index in [2.05, 4.69) is 6.58 Å². The summed E-state index contributed by atoms with van der Waals surface area (Å²) in [7, 11) is 1.67. The Kier molecular flexibility index (Phi) is 3.92. The van der Waals surface area contributed by atoms with Crippen molar-refractivity contribution in [2.75, 3.05) is 13.7 Å². The molecule has 80 valence electrons. The Hall–Kier alpha value is -1.77. The zero-order valence-corrected chi connectivity index (χ0v) is 9.06. The van der Waals surface area contributed by atoms with Crippen LogP contribution in [0.5, 0.6) is 5.75 Å². The number of rotatable bonds is 4. The first kappa shape index (κ1) is 11.3. The molecule has 0 heterocycles. The summed E-state index contributed by atoms with van der Waals surface area (Å²) >= 11 is 0. The highest BCUT2D eigenvalue weighted by atomic mass is 16.5. The van der Waals surface area contributed by atoms with Gasteiger partial charge in [0.2, 0.25) is 0 Å². The maximum atomic E-state index is 11.7. The molecular weight excluding hydrogens is 190 g/mol. The van der Waals surface area contributed by atoms with Gasteiger partial charge < -0.3 is 9.64 Å². The summed E-state index contributed by atoms with van der Waals surface area (Å²) in [6, 6.07) is 7.06. The fourth-order valence-electron chi connectivity index (χ4n) is 1.15. The van der Waals surface area contributed by atoms with E-state index >= 15 is 0 Å². The van der Waals surface area contributed by atoms with E-state index in [0.29, 0.717) is 12.2 Å². The van der Waals surface area contributed by atoms with Crippen molar-refractivity contribution in [1.29, 1.82) is 0 Å². The Morgan fingerprint density at radius 3 is 2.53 bits per heavy atom. The van der Waals surface area contributed by atoms with Crippen LogP contribution in [0.1, 0.15) is 17.3 Å². The number of hydrogen-bond donors (Lipinski definition) is 0. The fraction of sp³-hybridized carbons (Fsp3) is 0.250. The first-order chi connectivity index (χ1) is 7.19.